The third-order valence-electron chi connectivity index (χ3n) is 2.95. The average molecular weight is 246 g/mol. The predicted molar refractivity (Wildman–Crippen MR) is 79.4 cm³/mol. The highest BCUT2D eigenvalue weighted by atomic mass is 14.9. The summed E-state index contributed by atoms with van der Waals surface area (Å²) >= 11 is 0. The second-order valence-corrected chi connectivity index (χ2v) is 4.30. The molecule has 0 unspecified atom stereocenters. The highest BCUT2D eigenvalue weighted by Gasteiger charge is 1.98. The SMILES string of the molecule is C(=C\c1ccc(-c2ncc[nH]2)cc1)/c1ccccc1. The molecule has 0 atom stereocenters. The van der Waals surface area contributed by atoms with Gasteiger partial charge in [0.25, 0.3) is 0 Å². The number of nitrogens with zero attached hydrogens (tertiary/aromatic N) is 1. The highest BCUT2D eigenvalue weighted by Crippen LogP contribution is 2.16. The molecule has 2 nitrogen and oxygen atoms in total. The maximum atomic E-state index is 4.24. The van der Waals surface area contributed by atoms with E-state index in [1.807, 2.05) is 24.4 Å². The minimum atomic E-state index is 0.901. The van der Waals surface area contributed by atoms with E-state index in [4.69, 9.17) is 0 Å². The van der Waals surface area contributed by atoms with Crippen LogP contribution >= 0.6 is 0 Å². The molecule has 0 saturated heterocycles. The fourth-order valence-corrected chi connectivity index (χ4v) is 1.93. The first kappa shape index (κ1) is 11.5. The zero-order valence-electron chi connectivity index (χ0n) is 10.5. The zero-order valence-corrected chi connectivity index (χ0v) is 10.5. The topological polar surface area (TPSA) is 28.7 Å². The first-order valence-corrected chi connectivity index (χ1v) is 6.25. The molecular weight excluding hydrogens is 232 g/mol. The van der Waals surface area contributed by atoms with Crippen LogP contribution in [0.25, 0.3) is 23.5 Å². The molecular formula is C17H14N2. The monoisotopic (exact) mass is 246 g/mol. The van der Waals surface area contributed by atoms with Gasteiger partial charge in [-0.05, 0) is 11.1 Å². The predicted octanol–water partition coefficient (Wildman–Crippen LogP) is 4.25. The van der Waals surface area contributed by atoms with E-state index >= 15 is 0 Å². The maximum absolute atomic E-state index is 4.24. The van der Waals surface area contributed by atoms with Gasteiger partial charge in [-0.3, -0.25) is 0 Å². The number of H-pyrrole nitrogens is 1. The van der Waals surface area contributed by atoms with Crippen LogP contribution in [-0.2, 0) is 0 Å². The van der Waals surface area contributed by atoms with Crippen molar-refractivity contribution in [1.29, 1.82) is 0 Å². The van der Waals surface area contributed by atoms with E-state index in [2.05, 4.69) is 58.5 Å². The summed E-state index contributed by atoms with van der Waals surface area (Å²) in [6, 6.07) is 18.6. The van der Waals surface area contributed by atoms with Gasteiger partial charge in [-0.2, -0.15) is 0 Å². The quantitative estimate of drug-likeness (QED) is 0.688. The summed E-state index contributed by atoms with van der Waals surface area (Å²) in [6.07, 6.45) is 7.82. The Hall–Kier alpha value is -2.61. The molecule has 0 amide bonds. The number of hydrogen-bond acceptors (Lipinski definition) is 1. The second-order valence-electron chi connectivity index (χ2n) is 4.30. The number of benzene rings is 2. The number of aromatic amines is 1. The van der Waals surface area contributed by atoms with E-state index in [0.717, 1.165) is 11.4 Å². The number of imidazole rings is 1. The van der Waals surface area contributed by atoms with Gasteiger partial charge in [0.15, 0.2) is 0 Å². The smallest absolute Gasteiger partial charge is 0.137 e. The second kappa shape index (κ2) is 5.36. The Kier molecular flexibility index (Phi) is 3.24. The molecule has 0 radical (unpaired) electrons. The lowest BCUT2D eigenvalue weighted by Crippen LogP contribution is -1.80. The van der Waals surface area contributed by atoms with Crippen LogP contribution in [0.2, 0.25) is 0 Å². The molecule has 0 aliphatic carbocycles. The number of rotatable bonds is 3. The summed E-state index contributed by atoms with van der Waals surface area (Å²) in [7, 11) is 0. The normalized spacial score (nSPS) is 10.9. The molecule has 2 aromatic carbocycles. The molecule has 1 heterocycles. The van der Waals surface area contributed by atoms with E-state index in [1.54, 1.807) is 6.20 Å². The fourth-order valence-electron chi connectivity index (χ4n) is 1.93. The summed E-state index contributed by atoms with van der Waals surface area (Å²) < 4.78 is 0. The summed E-state index contributed by atoms with van der Waals surface area (Å²) in [6.45, 7) is 0. The van der Waals surface area contributed by atoms with E-state index in [0.29, 0.717) is 0 Å². The zero-order chi connectivity index (χ0) is 12.9. The lowest BCUT2D eigenvalue weighted by Gasteiger charge is -1.98. The standard InChI is InChI=1S/C17H14N2/c1-2-4-14(5-3-1)6-7-15-8-10-16(11-9-15)17-18-12-13-19-17/h1-13H,(H,18,19)/b7-6+. The Balaban J connectivity index is 1.78. The Bertz CT molecular complexity index is 650. The van der Waals surface area contributed by atoms with Crippen LogP contribution in [0.3, 0.4) is 0 Å². The van der Waals surface area contributed by atoms with Crippen molar-refractivity contribution in [3.63, 3.8) is 0 Å². The molecule has 1 N–H and O–H groups in total. The lowest BCUT2D eigenvalue weighted by atomic mass is 10.1. The van der Waals surface area contributed by atoms with E-state index < -0.39 is 0 Å². The van der Waals surface area contributed by atoms with Gasteiger partial charge in [0.05, 0.1) is 0 Å². The Labute approximate surface area is 112 Å². The molecule has 0 aliphatic rings. The van der Waals surface area contributed by atoms with Gasteiger partial charge in [0.2, 0.25) is 0 Å². The van der Waals surface area contributed by atoms with Gasteiger partial charge >= 0.3 is 0 Å². The number of nitrogens with one attached hydrogen (secondary N) is 1. The van der Waals surface area contributed by atoms with E-state index in [1.165, 1.54) is 11.1 Å². The van der Waals surface area contributed by atoms with Crippen molar-refractivity contribution in [2.45, 2.75) is 0 Å². The van der Waals surface area contributed by atoms with Crippen LogP contribution in [-0.4, -0.2) is 9.97 Å². The van der Waals surface area contributed by atoms with Crippen molar-refractivity contribution in [1.82, 2.24) is 9.97 Å². The molecule has 92 valence electrons. The third kappa shape index (κ3) is 2.80. The molecule has 2 heteroatoms. The van der Waals surface area contributed by atoms with Crippen LogP contribution in [0.5, 0.6) is 0 Å². The summed E-state index contributed by atoms with van der Waals surface area (Å²) in [5, 5.41) is 0. The lowest BCUT2D eigenvalue weighted by molar-refractivity contribution is 1.31. The molecule has 0 saturated carbocycles. The van der Waals surface area contributed by atoms with Crippen LogP contribution in [0.4, 0.5) is 0 Å². The highest BCUT2D eigenvalue weighted by molar-refractivity contribution is 5.70. The summed E-state index contributed by atoms with van der Waals surface area (Å²) in [4.78, 5) is 7.34. The minimum absolute atomic E-state index is 0.901. The summed E-state index contributed by atoms with van der Waals surface area (Å²) in [5.74, 6) is 0.901. The molecule has 3 aromatic rings. The third-order valence-corrected chi connectivity index (χ3v) is 2.95. The average Bonchev–Trinajstić information content (AvgIpc) is 3.01. The Morgan fingerprint density at radius 1 is 0.789 bits per heavy atom. The van der Waals surface area contributed by atoms with E-state index in [-0.39, 0.29) is 0 Å². The van der Waals surface area contributed by atoms with Gasteiger partial charge in [-0.1, -0.05) is 66.7 Å². The fraction of sp³-hybridized carbons (Fsp3) is 0. The largest absolute Gasteiger partial charge is 0.345 e. The van der Waals surface area contributed by atoms with Crippen LogP contribution < -0.4 is 0 Å². The minimum Gasteiger partial charge on any atom is -0.345 e. The first-order valence-electron chi connectivity index (χ1n) is 6.25. The van der Waals surface area contributed by atoms with Crippen molar-refractivity contribution in [3.05, 3.63) is 78.1 Å². The van der Waals surface area contributed by atoms with Gasteiger partial charge in [-0.25, -0.2) is 4.98 Å². The van der Waals surface area contributed by atoms with Crippen LogP contribution in [0, 0.1) is 0 Å². The Morgan fingerprint density at radius 2 is 1.47 bits per heavy atom. The van der Waals surface area contributed by atoms with Crippen molar-refractivity contribution in [2.75, 3.05) is 0 Å². The first-order chi connectivity index (χ1) is 9.42. The number of aromatic nitrogens is 2. The maximum Gasteiger partial charge on any atom is 0.137 e. The molecule has 0 fully saturated rings. The van der Waals surface area contributed by atoms with Crippen molar-refractivity contribution in [3.8, 4) is 11.4 Å². The molecule has 0 spiro atoms. The van der Waals surface area contributed by atoms with E-state index in [9.17, 15) is 0 Å². The molecule has 0 aliphatic heterocycles. The van der Waals surface area contributed by atoms with Gasteiger partial charge in [0, 0.05) is 18.0 Å². The van der Waals surface area contributed by atoms with Gasteiger partial charge in [-0.15, -0.1) is 0 Å². The van der Waals surface area contributed by atoms with Crippen molar-refractivity contribution in [2.24, 2.45) is 0 Å². The molecule has 0 bridgehead atoms. The Morgan fingerprint density at radius 3 is 2.11 bits per heavy atom. The van der Waals surface area contributed by atoms with Gasteiger partial charge in [0.1, 0.15) is 5.82 Å². The van der Waals surface area contributed by atoms with Crippen molar-refractivity contribution < 1.29 is 0 Å². The van der Waals surface area contributed by atoms with Gasteiger partial charge < -0.3 is 4.98 Å². The van der Waals surface area contributed by atoms with Crippen LogP contribution in [0.15, 0.2) is 67.0 Å². The summed E-state index contributed by atoms with van der Waals surface area (Å²) in [5.41, 5.74) is 3.48. The van der Waals surface area contributed by atoms with Crippen molar-refractivity contribution >= 4 is 12.2 Å². The van der Waals surface area contributed by atoms with Crippen LogP contribution in [0.1, 0.15) is 11.1 Å². The molecule has 3 rings (SSSR count). The number of hydrogen-bond donors (Lipinski definition) is 1. The molecule has 19 heavy (non-hydrogen) atoms. The molecule has 1 aromatic heterocycles.